The minimum atomic E-state index is -3.55. The first-order chi connectivity index (χ1) is 17.8. The lowest BCUT2D eigenvalue weighted by Gasteiger charge is -2.72. The van der Waals surface area contributed by atoms with Crippen molar-refractivity contribution in [1.29, 1.82) is 0 Å². The molecule has 0 aromatic carbocycles. The molecule has 0 bridgehead atoms. The number of carbonyl (C=O) groups is 2. The first-order valence-corrected chi connectivity index (χ1v) is 17.1. The number of carbonyl (C=O) groups excluding carboxylic acids is 2. The molecule has 5 aliphatic rings. The van der Waals surface area contributed by atoms with Crippen LogP contribution >= 0.6 is 0 Å². The van der Waals surface area contributed by atoms with Crippen LogP contribution in [-0.2, 0) is 28.6 Å². The van der Waals surface area contributed by atoms with Crippen LogP contribution in [0.15, 0.2) is 0 Å². The van der Waals surface area contributed by atoms with Crippen LogP contribution < -0.4 is 0 Å². The van der Waals surface area contributed by atoms with Crippen LogP contribution in [0.5, 0.6) is 0 Å². The van der Waals surface area contributed by atoms with Crippen LogP contribution in [-0.4, -0.2) is 39.6 Å². The summed E-state index contributed by atoms with van der Waals surface area (Å²) in [4.78, 5) is 28.0. The molecule has 0 spiro atoms. The average molecular weight is 565 g/mol. The molecule has 6 nitrogen and oxygen atoms in total. The third-order valence-corrected chi connectivity index (χ3v) is 14.4. The molecule has 0 aliphatic heterocycles. The van der Waals surface area contributed by atoms with Gasteiger partial charge in [-0.05, 0) is 103 Å². The fourth-order valence-electron chi connectivity index (χ4n) is 11.6. The zero-order valence-electron chi connectivity index (χ0n) is 25.8. The number of hydrogen-bond donors (Lipinski definition) is 0. The number of fused-ring (bicyclic) bond motifs is 7. The van der Waals surface area contributed by atoms with E-state index in [1.165, 1.54) is 7.11 Å². The summed E-state index contributed by atoms with van der Waals surface area (Å²) in [5.74, 6) is 0.667. The van der Waals surface area contributed by atoms with Gasteiger partial charge in [-0.15, -0.1) is 0 Å². The van der Waals surface area contributed by atoms with E-state index >= 15 is 0 Å². The number of rotatable bonds is 3. The summed E-state index contributed by atoms with van der Waals surface area (Å²) in [5, 5.41) is 0. The van der Waals surface area contributed by atoms with Crippen molar-refractivity contribution in [2.45, 2.75) is 119 Å². The molecule has 0 N–H and O–H groups in total. The Kier molecular flexibility index (Phi) is 6.65. The molecule has 0 heterocycles. The minimum Gasteiger partial charge on any atom is -0.469 e. The van der Waals surface area contributed by atoms with Crippen LogP contribution in [0.25, 0.3) is 0 Å². The van der Waals surface area contributed by atoms with Crippen LogP contribution in [0.2, 0.25) is 0 Å². The van der Waals surface area contributed by atoms with E-state index in [-0.39, 0.29) is 62.8 Å². The van der Waals surface area contributed by atoms with Gasteiger partial charge in [-0.25, -0.2) is 0 Å². The monoisotopic (exact) mass is 564 g/mol. The molecule has 7 heteroatoms. The first-order valence-electron chi connectivity index (χ1n) is 15.3. The smallest absolute Gasteiger partial charge is 0.312 e. The molecular weight excluding hydrogens is 512 g/mol. The third-order valence-electron chi connectivity index (χ3n) is 13.8. The van der Waals surface area contributed by atoms with Crippen molar-refractivity contribution >= 4 is 21.9 Å². The number of esters is 1. The number of ether oxygens (including phenoxy) is 1. The highest BCUT2D eigenvalue weighted by atomic mass is 32.2. The Balaban J connectivity index is 1.55. The van der Waals surface area contributed by atoms with Crippen molar-refractivity contribution in [2.75, 3.05) is 13.4 Å². The highest BCUT2D eigenvalue weighted by molar-refractivity contribution is 7.86. The number of ketones is 1. The van der Waals surface area contributed by atoms with E-state index in [0.29, 0.717) is 18.6 Å². The highest BCUT2D eigenvalue weighted by Gasteiger charge is 2.73. The zero-order chi connectivity index (χ0) is 29.0. The van der Waals surface area contributed by atoms with Crippen molar-refractivity contribution in [3.63, 3.8) is 0 Å². The predicted octanol–water partition coefficient (Wildman–Crippen LogP) is 6.56. The Hall–Kier alpha value is -0.950. The summed E-state index contributed by atoms with van der Waals surface area (Å²) >= 11 is 0. The van der Waals surface area contributed by atoms with E-state index in [0.717, 1.165) is 57.6 Å². The van der Waals surface area contributed by atoms with E-state index in [9.17, 15) is 18.0 Å². The molecule has 222 valence electrons. The van der Waals surface area contributed by atoms with Gasteiger partial charge >= 0.3 is 5.97 Å². The van der Waals surface area contributed by atoms with E-state index in [4.69, 9.17) is 8.92 Å². The van der Waals surface area contributed by atoms with Crippen molar-refractivity contribution in [3.05, 3.63) is 0 Å². The largest absolute Gasteiger partial charge is 0.469 e. The quantitative estimate of drug-likeness (QED) is 0.285. The molecule has 0 saturated heterocycles. The summed E-state index contributed by atoms with van der Waals surface area (Å²) in [6.07, 6.45) is 9.35. The van der Waals surface area contributed by atoms with Gasteiger partial charge in [0, 0.05) is 12.3 Å². The summed E-state index contributed by atoms with van der Waals surface area (Å²) in [7, 11) is -2.04. The normalized spacial score (nSPS) is 48.6. The second-order valence-corrected chi connectivity index (χ2v) is 18.0. The SMILES string of the molecule is COC(=O)[C@]12CCC(C)(C)CC1C1C(=O)CC3[C@@]4(C)CC[C@H](OS(C)(=O)=O)C(C)(C)C4CC[C@@]3(C)[C@]1(C)CC2. The molecule has 5 saturated carbocycles. The summed E-state index contributed by atoms with van der Waals surface area (Å²) in [6.45, 7) is 16.2. The Bertz CT molecular complexity index is 1160. The molecule has 39 heavy (non-hydrogen) atoms. The Labute approximate surface area is 236 Å². The maximum Gasteiger partial charge on any atom is 0.312 e. The maximum atomic E-state index is 14.5. The van der Waals surface area contributed by atoms with Gasteiger partial charge in [-0.3, -0.25) is 13.8 Å². The van der Waals surface area contributed by atoms with Crippen molar-refractivity contribution in [3.8, 4) is 0 Å². The molecule has 0 amide bonds. The second kappa shape index (κ2) is 8.78. The lowest BCUT2D eigenvalue weighted by Crippen LogP contribution is -2.70. The van der Waals surface area contributed by atoms with Crippen LogP contribution in [0.3, 0.4) is 0 Å². The number of methoxy groups -OCH3 is 1. The topological polar surface area (TPSA) is 86.7 Å². The molecule has 0 aromatic rings. The van der Waals surface area contributed by atoms with Crippen molar-refractivity contribution in [2.24, 2.45) is 56.2 Å². The minimum absolute atomic E-state index is 0.0265. The summed E-state index contributed by atoms with van der Waals surface area (Å²) in [5.41, 5.74) is -1.03. The van der Waals surface area contributed by atoms with Crippen LogP contribution in [0.4, 0.5) is 0 Å². The Morgan fingerprint density at radius 2 is 1.49 bits per heavy atom. The van der Waals surface area contributed by atoms with E-state index in [2.05, 4.69) is 48.5 Å². The molecule has 9 atom stereocenters. The molecule has 4 unspecified atom stereocenters. The van der Waals surface area contributed by atoms with E-state index in [1.807, 2.05) is 0 Å². The first kappa shape index (κ1) is 29.5. The summed E-state index contributed by atoms with van der Waals surface area (Å²) < 4.78 is 35.3. The second-order valence-electron chi connectivity index (χ2n) is 16.4. The van der Waals surface area contributed by atoms with Crippen molar-refractivity contribution in [1.82, 2.24) is 0 Å². The van der Waals surface area contributed by atoms with E-state index < -0.39 is 15.5 Å². The lowest BCUT2D eigenvalue weighted by molar-refractivity contribution is -0.245. The predicted molar refractivity (Wildman–Crippen MR) is 151 cm³/mol. The molecule has 0 radical (unpaired) electrons. The highest BCUT2D eigenvalue weighted by Crippen LogP contribution is 2.76. The van der Waals surface area contributed by atoms with E-state index in [1.54, 1.807) is 0 Å². The van der Waals surface area contributed by atoms with Gasteiger partial charge in [-0.1, -0.05) is 48.5 Å². The maximum absolute atomic E-state index is 14.5. The number of Topliss-reactive ketones (excluding diaryl/α,β-unsaturated/α-hetero) is 1. The molecule has 0 aromatic heterocycles. The van der Waals surface area contributed by atoms with Crippen LogP contribution in [0, 0.1) is 56.2 Å². The van der Waals surface area contributed by atoms with Gasteiger partial charge in [0.15, 0.2) is 0 Å². The van der Waals surface area contributed by atoms with Gasteiger partial charge in [0.1, 0.15) is 5.78 Å². The Morgan fingerprint density at radius 3 is 2.10 bits per heavy atom. The summed E-state index contributed by atoms with van der Waals surface area (Å²) in [6, 6.07) is 0. The van der Waals surface area contributed by atoms with Gasteiger partial charge in [0.05, 0.1) is 24.9 Å². The molecular formula is C32H52O6S. The standard InChI is InChI=1S/C32H52O6S/c1-27(2)14-16-32(26(34)37-8)17-15-31(7)25(20(32)19-27)21(33)18-23-29(5)12-11-24(38-39(9,35)36)28(3,4)22(29)10-13-30(23,31)6/h20,22-25H,10-19H2,1-9H3/t20?,22?,23?,24-,25?,29-,30+,31+,32-/m0/s1. The molecule has 5 aliphatic carbocycles. The Morgan fingerprint density at radius 1 is 0.846 bits per heavy atom. The lowest BCUT2D eigenvalue weighted by atomic mass is 9.31. The third kappa shape index (κ3) is 4.05. The molecule has 5 fully saturated rings. The van der Waals surface area contributed by atoms with Gasteiger partial charge in [-0.2, -0.15) is 8.42 Å². The van der Waals surface area contributed by atoms with Gasteiger partial charge < -0.3 is 4.74 Å². The fraction of sp³-hybridized carbons (Fsp3) is 0.938. The van der Waals surface area contributed by atoms with Crippen molar-refractivity contribution < 1.29 is 26.9 Å². The molecule has 5 rings (SSSR count). The fourth-order valence-corrected chi connectivity index (χ4v) is 12.4. The van der Waals surface area contributed by atoms with Gasteiger partial charge in [0.25, 0.3) is 10.1 Å². The number of hydrogen-bond acceptors (Lipinski definition) is 6. The van der Waals surface area contributed by atoms with Crippen LogP contribution in [0.1, 0.15) is 113 Å². The zero-order valence-corrected chi connectivity index (χ0v) is 26.6. The van der Waals surface area contributed by atoms with Gasteiger partial charge in [0.2, 0.25) is 0 Å². The average Bonchev–Trinajstić information content (AvgIpc) is 2.81.